The molecule has 2 aromatic rings. The Morgan fingerprint density at radius 1 is 1.07 bits per heavy atom. The molecule has 2 aliphatic heterocycles. The molecule has 1 aromatic heterocycles. The summed E-state index contributed by atoms with van der Waals surface area (Å²) >= 11 is 0. The average molecular weight is 410 g/mol. The van der Waals surface area contributed by atoms with Crippen LogP contribution in [0.25, 0.3) is 0 Å². The first-order chi connectivity index (χ1) is 14.6. The van der Waals surface area contributed by atoms with Gasteiger partial charge in [-0.25, -0.2) is 4.79 Å². The van der Waals surface area contributed by atoms with Crippen molar-refractivity contribution in [2.45, 2.75) is 31.3 Å². The number of likely N-dealkylation sites (tertiary alicyclic amines) is 1. The second-order valence-corrected chi connectivity index (χ2v) is 7.80. The van der Waals surface area contributed by atoms with Gasteiger partial charge in [-0.05, 0) is 37.0 Å². The minimum absolute atomic E-state index is 0.0822. The van der Waals surface area contributed by atoms with Gasteiger partial charge in [0.25, 0.3) is 11.8 Å². The van der Waals surface area contributed by atoms with Gasteiger partial charge in [0.1, 0.15) is 11.2 Å². The number of aromatic amines is 1. The number of urea groups is 1. The van der Waals surface area contributed by atoms with Crippen molar-refractivity contribution in [2.75, 3.05) is 26.2 Å². The molecule has 0 radical (unpaired) electrons. The largest absolute Gasteiger partial charge is 0.396 e. The topological polar surface area (TPSA) is 97.0 Å². The second kappa shape index (κ2) is 8.31. The standard InChI is InChI=1S/C22H26N4O4/c27-15-5-12-25-20(29)22(26(21(25)30)16-17-6-2-1-3-7-17)9-13-24(14-10-22)19(28)18-8-4-11-23-18/h1-4,6-8,11,23,27H,5,9-10,12-16H2. The number of rotatable bonds is 6. The molecule has 0 aliphatic carbocycles. The summed E-state index contributed by atoms with van der Waals surface area (Å²) in [6.07, 6.45) is 2.85. The van der Waals surface area contributed by atoms with E-state index in [9.17, 15) is 19.5 Å². The minimum Gasteiger partial charge on any atom is -0.396 e. The summed E-state index contributed by atoms with van der Waals surface area (Å²) in [6, 6.07) is 12.8. The normalized spacial score (nSPS) is 18.5. The third kappa shape index (κ3) is 3.47. The second-order valence-electron chi connectivity index (χ2n) is 7.80. The Bertz CT molecular complexity index is 904. The van der Waals surface area contributed by atoms with Gasteiger partial charge in [-0.2, -0.15) is 0 Å². The lowest BCUT2D eigenvalue weighted by Crippen LogP contribution is -2.57. The number of aliphatic hydroxyl groups excluding tert-OH is 1. The van der Waals surface area contributed by atoms with Crippen molar-refractivity contribution in [3.63, 3.8) is 0 Å². The maximum Gasteiger partial charge on any atom is 0.327 e. The number of carbonyl (C=O) groups is 3. The Morgan fingerprint density at radius 3 is 2.43 bits per heavy atom. The molecule has 3 heterocycles. The summed E-state index contributed by atoms with van der Waals surface area (Å²) < 4.78 is 0. The zero-order valence-electron chi connectivity index (χ0n) is 16.8. The van der Waals surface area contributed by atoms with Crippen molar-refractivity contribution < 1.29 is 19.5 Å². The third-order valence-corrected chi connectivity index (χ3v) is 6.05. The number of nitrogens with zero attached hydrogens (tertiary/aromatic N) is 3. The van der Waals surface area contributed by atoms with Gasteiger partial charge in [-0.15, -0.1) is 0 Å². The minimum atomic E-state index is -0.950. The van der Waals surface area contributed by atoms with Crippen LogP contribution in [-0.4, -0.2) is 74.4 Å². The van der Waals surface area contributed by atoms with E-state index in [0.717, 1.165) is 5.56 Å². The highest BCUT2D eigenvalue weighted by atomic mass is 16.3. The monoisotopic (exact) mass is 410 g/mol. The Labute approximate surface area is 175 Å². The number of nitrogens with one attached hydrogen (secondary N) is 1. The lowest BCUT2D eigenvalue weighted by Gasteiger charge is -2.42. The summed E-state index contributed by atoms with van der Waals surface area (Å²) in [5.74, 6) is -0.317. The number of aromatic nitrogens is 1. The number of H-pyrrole nitrogens is 1. The van der Waals surface area contributed by atoms with Gasteiger partial charge in [0, 0.05) is 39.0 Å². The van der Waals surface area contributed by atoms with Gasteiger partial charge in [0.2, 0.25) is 0 Å². The van der Waals surface area contributed by atoms with E-state index < -0.39 is 5.54 Å². The van der Waals surface area contributed by atoms with Crippen LogP contribution in [0.5, 0.6) is 0 Å². The van der Waals surface area contributed by atoms with Crippen LogP contribution in [0.2, 0.25) is 0 Å². The average Bonchev–Trinajstić information content (AvgIpc) is 3.37. The van der Waals surface area contributed by atoms with Crippen molar-refractivity contribution in [3.05, 3.63) is 59.9 Å². The fourth-order valence-corrected chi connectivity index (χ4v) is 4.39. The van der Waals surface area contributed by atoms with Crippen molar-refractivity contribution in [3.8, 4) is 0 Å². The van der Waals surface area contributed by atoms with Gasteiger partial charge in [0.15, 0.2) is 0 Å². The van der Waals surface area contributed by atoms with Crippen molar-refractivity contribution in [2.24, 2.45) is 0 Å². The van der Waals surface area contributed by atoms with Gasteiger partial charge in [0.05, 0.1) is 0 Å². The van der Waals surface area contributed by atoms with E-state index in [-0.39, 0.29) is 31.0 Å². The van der Waals surface area contributed by atoms with E-state index in [1.54, 1.807) is 28.1 Å². The molecule has 30 heavy (non-hydrogen) atoms. The molecule has 2 saturated heterocycles. The highest BCUT2D eigenvalue weighted by Gasteiger charge is 2.57. The van der Waals surface area contributed by atoms with Crippen LogP contribution in [0, 0.1) is 0 Å². The number of hydrogen-bond acceptors (Lipinski definition) is 4. The van der Waals surface area contributed by atoms with Crippen molar-refractivity contribution in [1.82, 2.24) is 19.7 Å². The Balaban J connectivity index is 1.57. The van der Waals surface area contributed by atoms with E-state index in [1.807, 2.05) is 30.3 Å². The lowest BCUT2D eigenvalue weighted by atomic mass is 9.85. The number of piperidine rings is 1. The predicted octanol–water partition coefficient (Wildman–Crippen LogP) is 1.84. The molecule has 0 saturated carbocycles. The first kappa shape index (κ1) is 20.2. The molecule has 4 amide bonds. The van der Waals surface area contributed by atoms with Crippen molar-refractivity contribution in [1.29, 1.82) is 0 Å². The molecule has 0 unspecified atom stereocenters. The number of amides is 4. The van der Waals surface area contributed by atoms with Gasteiger partial charge < -0.3 is 19.9 Å². The molecule has 1 spiro atoms. The van der Waals surface area contributed by atoms with Crippen LogP contribution in [0.15, 0.2) is 48.7 Å². The number of hydrogen-bond donors (Lipinski definition) is 2. The van der Waals surface area contributed by atoms with Crippen molar-refractivity contribution >= 4 is 17.8 Å². The smallest absolute Gasteiger partial charge is 0.327 e. The summed E-state index contributed by atoms with van der Waals surface area (Å²) in [4.78, 5) is 46.8. The molecule has 2 aliphatic rings. The highest BCUT2D eigenvalue weighted by molar-refractivity contribution is 6.07. The molecule has 2 N–H and O–H groups in total. The fraction of sp³-hybridized carbons (Fsp3) is 0.409. The molecule has 158 valence electrons. The van der Waals surface area contributed by atoms with E-state index in [0.29, 0.717) is 44.6 Å². The zero-order chi connectivity index (χ0) is 21.1. The maximum atomic E-state index is 13.4. The van der Waals surface area contributed by atoms with E-state index in [4.69, 9.17) is 0 Å². The maximum absolute atomic E-state index is 13.4. The van der Waals surface area contributed by atoms with Gasteiger partial charge in [-0.1, -0.05) is 30.3 Å². The van der Waals surface area contributed by atoms with E-state index in [1.165, 1.54) is 4.90 Å². The van der Waals surface area contributed by atoms with Crippen LogP contribution < -0.4 is 0 Å². The van der Waals surface area contributed by atoms with Crippen LogP contribution in [0.4, 0.5) is 4.79 Å². The first-order valence-corrected chi connectivity index (χ1v) is 10.3. The molecule has 0 bridgehead atoms. The zero-order valence-corrected chi connectivity index (χ0v) is 16.8. The highest BCUT2D eigenvalue weighted by Crippen LogP contribution is 2.38. The Morgan fingerprint density at radius 2 is 1.80 bits per heavy atom. The van der Waals surface area contributed by atoms with E-state index in [2.05, 4.69) is 4.98 Å². The molecule has 4 rings (SSSR count). The molecule has 0 atom stereocenters. The Hall–Kier alpha value is -3.13. The van der Waals surface area contributed by atoms with Crippen LogP contribution in [-0.2, 0) is 11.3 Å². The van der Waals surface area contributed by atoms with E-state index >= 15 is 0 Å². The third-order valence-electron chi connectivity index (χ3n) is 6.05. The molecular formula is C22H26N4O4. The van der Waals surface area contributed by atoms with Crippen LogP contribution in [0.1, 0.15) is 35.3 Å². The summed E-state index contributed by atoms with van der Waals surface area (Å²) in [5.41, 5.74) is 0.520. The van der Waals surface area contributed by atoms with Crippen LogP contribution in [0.3, 0.4) is 0 Å². The number of imide groups is 1. The molecule has 2 fully saturated rings. The molecule has 8 nitrogen and oxygen atoms in total. The number of carbonyl (C=O) groups excluding carboxylic acids is 3. The Kier molecular flexibility index (Phi) is 5.59. The van der Waals surface area contributed by atoms with Gasteiger partial charge in [-0.3, -0.25) is 14.5 Å². The lowest BCUT2D eigenvalue weighted by molar-refractivity contribution is -0.135. The number of benzene rings is 1. The molecule has 1 aromatic carbocycles. The molecule has 8 heteroatoms. The summed E-state index contributed by atoms with van der Waals surface area (Å²) in [6.45, 7) is 1.26. The summed E-state index contributed by atoms with van der Waals surface area (Å²) in [7, 11) is 0. The quantitative estimate of drug-likeness (QED) is 0.710. The predicted molar refractivity (Wildman–Crippen MR) is 109 cm³/mol. The molecular weight excluding hydrogens is 384 g/mol. The SMILES string of the molecule is O=C(c1ccc[nH]1)N1CCC2(CC1)C(=O)N(CCCO)C(=O)N2Cc1ccccc1. The van der Waals surface area contributed by atoms with Gasteiger partial charge >= 0.3 is 6.03 Å². The fourth-order valence-electron chi connectivity index (χ4n) is 4.39. The first-order valence-electron chi connectivity index (χ1n) is 10.3. The van der Waals surface area contributed by atoms with Crippen LogP contribution >= 0.6 is 0 Å². The summed E-state index contributed by atoms with van der Waals surface area (Å²) in [5, 5.41) is 9.18. The number of aliphatic hydroxyl groups is 1.